The fraction of sp³-hybridized carbons (Fsp3) is 1.00. The first-order valence-corrected chi connectivity index (χ1v) is 6.91. The zero-order valence-electron chi connectivity index (χ0n) is 9.32. The van der Waals surface area contributed by atoms with Gasteiger partial charge >= 0.3 is 0 Å². The third-order valence-corrected chi connectivity index (χ3v) is 6.02. The van der Waals surface area contributed by atoms with Crippen LogP contribution >= 0.6 is 0 Å². The Morgan fingerprint density at radius 3 is 1.85 bits per heavy atom. The number of rotatable bonds is 0. The van der Waals surface area contributed by atoms with Gasteiger partial charge in [-0.05, 0) is 60.3 Å². The van der Waals surface area contributed by atoms with Crippen molar-refractivity contribution in [2.45, 2.75) is 57.4 Å². The Morgan fingerprint density at radius 2 is 1.46 bits per heavy atom. The van der Waals surface area contributed by atoms with E-state index in [1.165, 1.54) is 10.2 Å². The van der Waals surface area contributed by atoms with Crippen molar-refractivity contribution in [3.05, 3.63) is 0 Å². The molecule has 4 saturated carbocycles. The quantitative estimate of drug-likeness (QED) is 0.520. The zero-order valence-corrected chi connectivity index (χ0v) is 11.3. The van der Waals surface area contributed by atoms with Gasteiger partial charge in [0.15, 0.2) is 0 Å². The standard InChI is InChI=1S/C12H22Si/c1-10-3-9-4-11(2,6-10)8-12(13,5-9)7-10/h9H,3-8H2,1-2,13H3. The summed E-state index contributed by atoms with van der Waals surface area (Å²) in [5, 5.41) is 0.864. The average molecular weight is 194 g/mol. The summed E-state index contributed by atoms with van der Waals surface area (Å²) in [6.45, 7) is 5.14. The lowest BCUT2D eigenvalue weighted by Gasteiger charge is -2.64. The second kappa shape index (κ2) is 2.08. The Labute approximate surface area is 84.9 Å². The maximum atomic E-state index is 2.57. The van der Waals surface area contributed by atoms with Crippen molar-refractivity contribution in [2.24, 2.45) is 16.7 Å². The van der Waals surface area contributed by atoms with Gasteiger partial charge in [-0.1, -0.05) is 13.8 Å². The van der Waals surface area contributed by atoms with Gasteiger partial charge in [0.2, 0.25) is 0 Å². The first kappa shape index (κ1) is 8.52. The van der Waals surface area contributed by atoms with E-state index in [-0.39, 0.29) is 0 Å². The molecular formula is C12H22Si. The molecular weight excluding hydrogens is 172 g/mol. The third kappa shape index (κ3) is 1.16. The van der Waals surface area contributed by atoms with Crippen molar-refractivity contribution in [1.82, 2.24) is 0 Å². The van der Waals surface area contributed by atoms with E-state index < -0.39 is 0 Å². The van der Waals surface area contributed by atoms with Crippen molar-refractivity contribution in [1.29, 1.82) is 0 Å². The highest BCUT2D eigenvalue weighted by atomic mass is 28.1. The lowest BCUT2D eigenvalue weighted by Crippen LogP contribution is -2.52. The molecule has 1 heteroatoms. The van der Waals surface area contributed by atoms with Crippen molar-refractivity contribution in [3.63, 3.8) is 0 Å². The van der Waals surface area contributed by atoms with Crippen LogP contribution in [0.1, 0.15) is 52.4 Å². The summed E-state index contributed by atoms with van der Waals surface area (Å²) in [6, 6.07) is 0. The Kier molecular flexibility index (Phi) is 1.36. The SMILES string of the molecule is CC12CC3CC(C)(C1)CC([SiH3])(C3)C2. The van der Waals surface area contributed by atoms with Crippen molar-refractivity contribution < 1.29 is 0 Å². The number of hydrogen-bond donors (Lipinski definition) is 0. The molecule has 2 atom stereocenters. The molecule has 0 saturated heterocycles. The Morgan fingerprint density at radius 1 is 0.923 bits per heavy atom. The summed E-state index contributed by atoms with van der Waals surface area (Å²) in [4.78, 5) is 0. The molecule has 0 aromatic carbocycles. The smallest absolute Gasteiger partial charge is 0.0107 e. The van der Waals surface area contributed by atoms with Gasteiger partial charge < -0.3 is 0 Å². The Bertz CT molecular complexity index is 207. The summed E-state index contributed by atoms with van der Waals surface area (Å²) < 4.78 is 0. The summed E-state index contributed by atoms with van der Waals surface area (Å²) in [5.74, 6) is 1.11. The summed E-state index contributed by atoms with van der Waals surface area (Å²) >= 11 is 0. The summed E-state index contributed by atoms with van der Waals surface area (Å²) in [7, 11) is 1.45. The van der Waals surface area contributed by atoms with E-state index in [4.69, 9.17) is 0 Å². The van der Waals surface area contributed by atoms with Crippen LogP contribution in [0.15, 0.2) is 0 Å². The molecule has 0 N–H and O–H groups in total. The van der Waals surface area contributed by atoms with E-state index in [0.29, 0.717) is 0 Å². The molecule has 0 amide bonds. The minimum Gasteiger partial charge on any atom is -0.0596 e. The maximum absolute atomic E-state index is 2.57. The van der Waals surface area contributed by atoms with Gasteiger partial charge in [0.05, 0.1) is 0 Å². The van der Waals surface area contributed by atoms with E-state index >= 15 is 0 Å². The van der Waals surface area contributed by atoms with E-state index in [2.05, 4.69) is 13.8 Å². The minimum atomic E-state index is 0.760. The fourth-order valence-electron chi connectivity index (χ4n) is 6.02. The molecule has 4 bridgehead atoms. The molecule has 0 heterocycles. The van der Waals surface area contributed by atoms with Crippen LogP contribution in [0.5, 0.6) is 0 Å². The molecule has 0 aliphatic heterocycles. The molecule has 4 aliphatic carbocycles. The Balaban J connectivity index is 2.03. The largest absolute Gasteiger partial charge is 0.0596 e. The summed E-state index contributed by atoms with van der Waals surface area (Å²) in [5.41, 5.74) is 1.52. The second-order valence-corrected chi connectivity index (χ2v) is 9.56. The Hall–Kier alpha value is 0.217. The molecule has 4 aliphatic rings. The van der Waals surface area contributed by atoms with Gasteiger partial charge in [-0.15, -0.1) is 0 Å². The van der Waals surface area contributed by atoms with Crippen LogP contribution in [0.25, 0.3) is 0 Å². The van der Waals surface area contributed by atoms with Gasteiger partial charge in [0.25, 0.3) is 0 Å². The molecule has 0 aromatic rings. The topological polar surface area (TPSA) is 0 Å². The first-order chi connectivity index (χ1) is 5.91. The molecule has 0 radical (unpaired) electrons. The van der Waals surface area contributed by atoms with Gasteiger partial charge in [-0.3, -0.25) is 0 Å². The van der Waals surface area contributed by atoms with Crippen molar-refractivity contribution >= 4 is 10.2 Å². The predicted octanol–water partition coefficient (Wildman–Crippen LogP) is 2.52. The highest BCUT2D eigenvalue weighted by Crippen LogP contribution is 2.71. The molecule has 4 rings (SSSR count). The monoisotopic (exact) mass is 194 g/mol. The second-order valence-electron chi connectivity index (χ2n) is 7.44. The highest BCUT2D eigenvalue weighted by Gasteiger charge is 2.57. The first-order valence-electron chi connectivity index (χ1n) is 5.91. The lowest BCUT2D eigenvalue weighted by atomic mass is 9.45. The van der Waals surface area contributed by atoms with Gasteiger partial charge in [-0.2, -0.15) is 0 Å². The van der Waals surface area contributed by atoms with E-state index in [9.17, 15) is 0 Å². The van der Waals surface area contributed by atoms with Crippen LogP contribution in [0.2, 0.25) is 5.04 Å². The third-order valence-electron chi connectivity index (χ3n) is 4.91. The number of hydrogen-bond acceptors (Lipinski definition) is 0. The molecule has 0 spiro atoms. The van der Waals surface area contributed by atoms with Crippen LogP contribution in [0, 0.1) is 16.7 Å². The van der Waals surface area contributed by atoms with Gasteiger partial charge in [0.1, 0.15) is 0 Å². The normalized spacial score (nSPS) is 64.6. The maximum Gasteiger partial charge on any atom is 0.0107 e. The van der Waals surface area contributed by atoms with Crippen LogP contribution in [-0.2, 0) is 0 Å². The lowest BCUT2D eigenvalue weighted by molar-refractivity contribution is -0.0837. The molecule has 13 heavy (non-hydrogen) atoms. The molecule has 0 aromatic heterocycles. The van der Waals surface area contributed by atoms with Crippen LogP contribution in [0.4, 0.5) is 0 Å². The molecule has 0 nitrogen and oxygen atoms in total. The minimum absolute atomic E-state index is 0.760. The molecule has 74 valence electrons. The molecule has 4 fully saturated rings. The zero-order chi connectivity index (χ0) is 9.32. The van der Waals surface area contributed by atoms with Gasteiger partial charge in [-0.25, -0.2) is 0 Å². The van der Waals surface area contributed by atoms with Crippen LogP contribution < -0.4 is 0 Å². The summed E-state index contributed by atoms with van der Waals surface area (Å²) in [6.07, 6.45) is 9.43. The van der Waals surface area contributed by atoms with Crippen LogP contribution in [0.3, 0.4) is 0 Å². The van der Waals surface area contributed by atoms with E-state index in [1.807, 2.05) is 0 Å². The predicted molar refractivity (Wildman–Crippen MR) is 60.0 cm³/mol. The van der Waals surface area contributed by atoms with E-state index in [1.54, 1.807) is 38.5 Å². The fourth-order valence-corrected chi connectivity index (χ4v) is 8.30. The van der Waals surface area contributed by atoms with Crippen LogP contribution in [-0.4, -0.2) is 10.2 Å². The average Bonchev–Trinajstić information content (AvgIpc) is 1.71. The molecule has 2 unspecified atom stereocenters. The van der Waals surface area contributed by atoms with Crippen molar-refractivity contribution in [3.8, 4) is 0 Å². The highest BCUT2D eigenvalue weighted by molar-refractivity contribution is 6.15. The van der Waals surface area contributed by atoms with E-state index in [0.717, 1.165) is 21.8 Å². The van der Waals surface area contributed by atoms with Gasteiger partial charge in [0, 0.05) is 10.2 Å². The van der Waals surface area contributed by atoms with Crippen molar-refractivity contribution in [2.75, 3.05) is 0 Å².